The fraction of sp³-hybridized carbons (Fsp3) is 0.286. The number of aryl methyl sites for hydroxylation is 1. The van der Waals surface area contributed by atoms with Gasteiger partial charge in [-0.3, -0.25) is 0 Å². The van der Waals surface area contributed by atoms with Crippen LogP contribution in [0.5, 0.6) is 5.75 Å². The van der Waals surface area contributed by atoms with Gasteiger partial charge in [0.1, 0.15) is 5.75 Å². The number of hydrogen-bond donors (Lipinski definition) is 1. The van der Waals surface area contributed by atoms with Crippen LogP contribution in [-0.4, -0.2) is 27.8 Å². The fourth-order valence-corrected chi connectivity index (χ4v) is 3.30. The van der Waals surface area contributed by atoms with Gasteiger partial charge < -0.3 is 15.0 Å². The van der Waals surface area contributed by atoms with E-state index in [0.717, 1.165) is 36.6 Å². The Bertz CT molecular complexity index is 928. The molecule has 138 valence electrons. The van der Waals surface area contributed by atoms with Crippen molar-refractivity contribution < 1.29 is 4.74 Å². The first-order chi connectivity index (χ1) is 13.2. The third-order valence-corrected chi connectivity index (χ3v) is 4.43. The summed E-state index contributed by atoms with van der Waals surface area (Å²) in [7, 11) is 0. The Labute approximate surface area is 159 Å². The number of rotatable bonds is 5. The van der Waals surface area contributed by atoms with Crippen LogP contribution < -0.4 is 15.0 Å². The lowest BCUT2D eigenvalue weighted by Crippen LogP contribution is -2.25. The molecule has 2 aromatic carbocycles. The Morgan fingerprint density at radius 2 is 1.89 bits per heavy atom. The third kappa shape index (κ3) is 3.84. The Morgan fingerprint density at radius 1 is 1.07 bits per heavy atom. The molecule has 4 rings (SSSR count). The zero-order valence-electron chi connectivity index (χ0n) is 15.6. The molecule has 0 saturated carbocycles. The van der Waals surface area contributed by atoms with Crippen molar-refractivity contribution in [2.45, 2.75) is 32.8 Å². The van der Waals surface area contributed by atoms with E-state index in [1.807, 2.05) is 38.1 Å². The van der Waals surface area contributed by atoms with Gasteiger partial charge in [0.05, 0.1) is 18.0 Å². The van der Waals surface area contributed by atoms with Crippen molar-refractivity contribution in [1.29, 1.82) is 0 Å². The molecule has 0 bridgehead atoms. The molecule has 1 aliphatic rings. The van der Waals surface area contributed by atoms with Crippen LogP contribution in [0.4, 0.5) is 23.1 Å². The average molecular weight is 361 g/mol. The highest BCUT2D eigenvalue weighted by Gasteiger charge is 2.19. The lowest BCUT2D eigenvalue weighted by molar-refractivity contribution is 0.244. The van der Waals surface area contributed by atoms with Crippen LogP contribution in [0, 0.1) is 0 Å². The molecule has 0 saturated heterocycles. The van der Waals surface area contributed by atoms with Crippen LogP contribution in [0.2, 0.25) is 0 Å². The molecule has 0 radical (unpaired) electrons. The largest absolute Gasteiger partial charge is 0.489 e. The van der Waals surface area contributed by atoms with Crippen LogP contribution in [0.1, 0.15) is 25.8 Å². The number of para-hydroxylation sites is 3. The molecule has 2 heterocycles. The molecule has 0 aliphatic carbocycles. The minimum absolute atomic E-state index is 0.0863. The standard InChI is InChI=1S/C21H23N5O/c1-15(2)27-19-12-6-4-10-17(19)23-21-24-20(14-22-25-21)26-13-7-9-16-8-3-5-11-18(16)26/h3-6,8,10-12,14-15H,7,9,13H2,1-2H3,(H,23,24,25). The molecule has 1 aromatic heterocycles. The van der Waals surface area contributed by atoms with E-state index in [0.29, 0.717) is 5.95 Å². The summed E-state index contributed by atoms with van der Waals surface area (Å²) >= 11 is 0. The lowest BCUT2D eigenvalue weighted by atomic mass is 10.0. The van der Waals surface area contributed by atoms with Crippen molar-refractivity contribution in [2.24, 2.45) is 0 Å². The van der Waals surface area contributed by atoms with Gasteiger partial charge in [-0.15, -0.1) is 5.10 Å². The number of hydrogen-bond acceptors (Lipinski definition) is 6. The van der Waals surface area contributed by atoms with Crippen molar-refractivity contribution in [2.75, 3.05) is 16.8 Å². The van der Waals surface area contributed by atoms with Gasteiger partial charge >= 0.3 is 0 Å². The van der Waals surface area contributed by atoms with Crippen LogP contribution >= 0.6 is 0 Å². The Balaban J connectivity index is 1.62. The second-order valence-electron chi connectivity index (χ2n) is 6.81. The van der Waals surface area contributed by atoms with Gasteiger partial charge in [-0.05, 0) is 50.5 Å². The van der Waals surface area contributed by atoms with Gasteiger partial charge in [0.15, 0.2) is 5.82 Å². The summed E-state index contributed by atoms with van der Waals surface area (Å²) in [5.41, 5.74) is 3.36. The van der Waals surface area contributed by atoms with E-state index < -0.39 is 0 Å². The maximum absolute atomic E-state index is 5.86. The molecule has 6 heteroatoms. The number of benzene rings is 2. The number of fused-ring (bicyclic) bond motifs is 1. The maximum Gasteiger partial charge on any atom is 0.249 e. The third-order valence-electron chi connectivity index (χ3n) is 4.43. The zero-order valence-corrected chi connectivity index (χ0v) is 15.6. The summed E-state index contributed by atoms with van der Waals surface area (Å²) in [6.45, 7) is 4.93. The normalized spacial score (nSPS) is 13.4. The highest BCUT2D eigenvalue weighted by molar-refractivity contribution is 5.67. The van der Waals surface area contributed by atoms with E-state index in [9.17, 15) is 0 Å². The summed E-state index contributed by atoms with van der Waals surface area (Å²) in [6, 6.07) is 16.2. The summed E-state index contributed by atoms with van der Waals surface area (Å²) in [5, 5.41) is 11.6. The predicted octanol–water partition coefficient (Wildman–Crippen LogP) is 4.49. The SMILES string of the molecule is CC(C)Oc1ccccc1Nc1nncc(N2CCCc3ccccc32)n1. The smallest absolute Gasteiger partial charge is 0.249 e. The summed E-state index contributed by atoms with van der Waals surface area (Å²) in [5.74, 6) is 2.02. The van der Waals surface area contributed by atoms with E-state index in [2.05, 4.69) is 44.7 Å². The second kappa shape index (κ2) is 7.61. The maximum atomic E-state index is 5.86. The first kappa shape index (κ1) is 17.3. The average Bonchev–Trinajstić information content (AvgIpc) is 2.69. The van der Waals surface area contributed by atoms with Crippen LogP contribution in [0.3, 0.4) is 0 Å². The molecule has 0 spiro atoms. The highest BCUT2D eigenvalue weighted by atomic mass is 16.5. The monoisotopic (exact) mass is 361 g/mol. The van der Waals surface area contributed by atoms with Crippen LogP contribution in [0.25, 0.3) is 0 Å². The molecule has 1 aliphatic heterocycles. The van der Waals surface area contributed by atoms with Crippen molar-refractivity contribution in [3.63, 3.8) is 0 Å². The Morgan fingerprint density at radius 3 is 2.78 bits per heavy atom. The lowest BCUT2D eigenvalue weighted by Gasteiger charge is -2.30. The topological polar surface area (TPSA) is 63.2 Å². The highest BCUT2D eigenvalue weighted by Crippen LogP contribution is 2.33. The molecule has 0 unspecified atom stereocenters. The second-order valence-corrected chi connectivity index (χ2v) is 6.81. The van der Waals surface area contributed by atoms with Gasteiger partial charge in [-0.25, -0.2) is 0 Å². The first-order valence-electron chi connectivity index (χ1n) is 9.28. The van der Waals surface area contributed by atoms with Crippen LogP contribution in [0.15, 0.2) is 54.7 Å². The van der Waals surface area contributed by atoms with Crippen molar-refractivity contribution >= 4 is 23.1 Å². The fourth-order valence-electron chi connectivity index (χ4n) is 3.30. The summed E-state index contributed by atoms with van der Waals surface area (Å²) in [6.07, 6.45) is 3.98. The van der Waals surface area contributed by atoms with E-state index >= 15 is 0 Å². The minimum atomic E-state index is 0.0863. The van der Waals surface area contributed by atoms with Crippen LogP contribution in [-0.2, 0) is 6.42 Å². The van der Waals surface area contributed by atoms with Crippen molar-refractivity contribution in [3.8, 4) is 5.75 Å². The quantitative estimate of drug-likeness (QED) is 0.722. The summed E-state index contributed by atoms with van der Waals surface area (Å²) in [4.78, 5) is 6.90. The predicted molar refractivity (Wildman–Crippen MR) is 107 cm³/mol. The number of ether oxygens (including phenoxy) is 1. The molecular formula is C21H23N5O. The number of anilines is 4. The molecule has 3 aromatic rings. The van der Waals surface area contributed by atoms with Gasteiger partial charge in [0, 0.05) is 12.2 Å². The molecular weight excluding hydrogens is 338 g/mol. The van der Waals surface area contributed by atoms with Crippen molar-refractivity contribution in [3.05, 3.63) is 60.3 Å². The van der Waals surface area contributed by atoms with Gasteiger partial charge in [-0.2, -0.15) is 10.1 Å². The van der Waals surface area contributed by atoms with Crippen molar-refractivity contribution in [1.82, 2.24) is 15.2 Å². The number of aromatic nitrogens is 3. The zero-order chi connectivity index (χ0) is 18.6. The van der Waals surface area contributed by atoms with Gasteiger partial charge in [0.25, 0.3) is 0 Å². The van der Waals surface area contributed by atoms with Gasteiger partial charge in [0.2, 0.25) is 5.95 Å². The van der Waals surface area contributed by atoms with E-state index in [1.165, 1.54) is 11.3 Å². The molecule has 6 nitrogen and oxygen atoms in total. The number of nitrogens with one attached hydrogen (secondary N) is 1. The number of nitrogens with zero attached hydrogens (tertiary/aromatic N) is 4. The molecule has 0 atom stereocenters. The Hall–Kier alpha value is -3.15. The molecule has 0 amide bonds. The molecule has 27 heavy (non-hydrogen) atoms. The van der Waals surface area contributed by atoms with E-state index in [1.54, 1.807) is 6.20 Å². The summed E-state index contributed by atoms with van der Waals surface area (Å²) < 4.78 is 5.86. The minimum Gasteiger partial charge on any atom is -0.489 e. The van der Waals surface area contributed by atoms with Gasteiger partial charge in [-0.1, -0.05) is 30.3 Å². The van der Waals surface area contributed by atoms with E-state index in [-0.39, 0.29) is 6.10 Å². The Kier molecular flexibility index (Phi) is 4.87. The first-order valence-corrected chi connectivity index (χ1v) is 9.28. The van der Waals surface area contributed by atoms with E-state index in [4.69, 9.17) is 9.72 Å². The molecule has 1 N–H and O–H groups in total. The molecule has 0 fully saturated rings.